The lowest BCUT2D eigenvalue weighted by molar-refractivity contribution is -0.117. The minimum absolute atomic E-state index is 0.00545. The minimum Gasteiger partial charge on any atom is -0.365 e. The van der Waals surface area contributed by atoms with Crippen LogP contribution in [0.25, 0.3) is 0 Å². The van der Waals surface area contributed by atoms with E-state index < -0.39 is 0 Å². The fraction of sp³-hybridized carbons (Fsp3) is 0.300. The fourth-order valence-corrected chi connectivity index (χ4v) is 3.35. The monoisotopic (exact) mass is 335 g/mol. The number of nitrogens with zero attached hydrogens (tertiary/aromatic N) is 2. The van der Waals surface area contributed by atoms with Crippen molar-refractivity contribution in [1.29, 1.82) is 0 Å². The second kappa shape index (κ2) is 6.59. The number of anilines is 2. The van der Waals surface area contributed by atoms with Gasteiger partial charge in [0.05, 0.1) is 17.9 Å². The van der Waals surface area contributed by atoms with Gasteiger partial charge in [0.2, 0.25) is 5.91 Å². The Hall–Kier alpha value is -2.82. The minimum atomic E-state index is -0.223. The van der Waals surface area contributed by atoms with E-state index in [1.807, 2.05) is 36.4 Å². The molecule has 1 aliphatic heterocycles. The summed E-state index contributed by atoms with van der Waals surface area (Å²) in [7, 11) is 0. The average molecular weight is 335 g/mol. The maximum atomic E-state index is 12.7. The molecule has 2 amide bonds. The highest BCUT2D eigenvalue weighted by Gasteiger charge is 2.35. The van der Waals surface area contributed by atoms with Gasteiger partial charge in [0, 0.05) is 24.7 Å². The van der Waals surface area contributed by atoms with Crippen molar-refractivity contribution in [3.05, 3.63) is 60.2 Å². The quantitative estimate of drug-likeness (QED) is 0.934. The van der Waals surface area contributed by atoms with Crippen molar-refractivity contribution in [2.75, 3.05) is 29.4 Å². The summed E-state index contributed by atoms with van der Waals surface area (Å²) in [6.07, 6.45) is 2.46. The number of nitrogens with one attached hydrogen (secondary N) is 1. The molecule has 4 rings (SSSR count). The van der Waals surface area contributed by atoms with E-state index in [2.05, 4.69) is 16.3 Å². The summed E-state index contributed by atoms with van der Waals surface area (Å²) in [5.41, 5.74) is 2.63. The second-order valence-corrected chi connectivity index (χ2v) is 6.51. The Morgan fingerprint density at radius 2 is 1.60 bits per heavy atom. The topological polar surface area (TPSA) is 52.7 Å². The van der Waals surface area contributed by atoms with Crippen LogP contribution in [-0.4, -0.2) is 37.5 Å². The number of fused-ring (bicyclic) bond motifs is 1. The maximum Gasteiger partial charge on any atom is 0.251 e. The highest BCUT2D eigenvalue weighted by Crippen LogP contribution is 2.39. The number of rotatable bonds is 4. The molecule has 2 aliphatic rings. The van der Waals surface area contributed by atoms with Crippen molar-refractivity contribution >= 4 is 23.2 Å². The third kappa shape index (κ3) is 3.22. The van der Waals surface area contributed by atoms with Crippen LogP contribution in [0.5, 0.6) is 0 Å². The van der Waals surface area contributed by atoms with Crippen LogP contribution in [0, 0.1) is 0 Å². The summed E-state index contributed by atoms with van der Waals surface area (Å²) in [4.78, 5) is 29.0. The summed E-state index contributed by atoms with van der Waals surface area (Å²) < 4.78 is 0. The van der Waals surface area contributed by atoms with E-state index in [4.69, 9.17) is 0 Å². The Morgan fingerprint density at radius 1 is 0.920 bits per heavy atom. The number of amides is 2. The van der Waals surface area contributed by atoms with Crippen LogP contribution >= 0.6 is 0 Å². The van der Waals surface area contributed by atoms with Crippen LogP contribution in [0.4, 0.5) is 11.4 Å². The summed E-state index contributed by atoms with van der Waals surface area (Å²) in [6, 6.07) is 17.6. The van der Waals surface area contributed by atoms with Crippen molar-refractivity contribution in [2.24, 2.45) is 0 Å². The van der Waals surface area contributed by atoms with Crippen LogP contribution in [0.15, 0.2) is 54.6 Å². The molecule has 2 aromatic carbocycles. The van der Waals surface area contributed by atoms with Gasteiger partial charge in [-0.3, -0.25) is 9.59 Å². The normalized spacial score (nSPS) is 16.3. The molecular weight excluding hydrogens is 314 g/mol. The number of hydrogen-bond donors (Lipinski definition) is 1. The largest absolute Gasteiger partial charge is 0.365 e. The second-order valence-electron chi connectivity index (χ2n) is 6.51. The van der Waals surface area contributed by atoms with Gasteiger partial charge in [-0.2, -0.15) is 0 Å². The molecule has 128 valence electrons. The summed E-state index contributed by atoms with van der Waals surface area (Å²) >= 11 is 0. The lowest BCUT2D eigenvalue weighted by atomic mass is 10.1. The zero-order valence-corrected chi connectivity index (χ0v) is 14.0. The van der Waals surface area contributed by atoms with Crippen molar-refractivity contribution in [2.45, 2.75) is 18.9 Å². The highest BCUT2D eigenvalue weighted by molar-refractivity contribution is 6.02. The summed E-state index contributed by atoms with van der Waals surface area (Å²) in [5.74, 6) is -0.300. The fourth-order valence-electron chi connectivity index (χ4n) is 3.35. The molecule has 0 spiro atoms. The molecule has 25 heavy (non-hydrogen) atoms. The van der Waals surface area contributed by atoms with Crippen LogP contribution in [0.2, 0.25) is 0 Å². The van der Waals surface area contributed by atoms with E-state index in [0.717, 1.165) is 17.9 Å². The lowest BCUT2D eigenvalue weighted by Crippen LogP contribution is -2.48. The van der Waals surface area contributed by atoms with Gasteiger partial charge in [-0.1, -0.05) is 30.3 Å². The molecule has 0 atom stereocenters. The molecule has 1 fully saturated rings. The van der Waals surface area contributed by atoms with E-state index in [1.165, 1.54) is 12.8 Å². The summed E-state index contributed by atoms with van der Waals surface area (Å²) in [6.45, 7) is 1.51. The molecule has 1 aliphatic carbocycles. The van der Waals surface area contributed by atoms with Gasteiger partial charge in [-0.05, 0) is 37.1 Å². The number of hydrogen-bond acceptors (Lipinski definition) is 3. The molecule has 5 nitrogen and oxygen atoms in total. The Morgan fingerprint density at radius 3 is 2.32 bits per heavy atom. The first-order valence-electron chi connectivity index (χ1n) is 8.73. The molecule has 5 heteroatoms. The third-order valence-electron chi connectivity index (χ3n) is 4.77. The number of carbonyl (C=O) groups is 2. The van der Waals surface area contributed by atoms with Crippen molar-refractivity contribution < 1.29 is 9.59 Å². The number of carbonyl (C=O) groups excluding carboxylic acids is 2. The van der Waals surface area contributed by atoms with Crippen LogP contribution < -0.4 is 15.1 Å². The predicted octanol–water partition coefficient (Wildman–Crippen LogP) is 2.43. The average Bonchev–Trinajstić information content (AvgIpc) is 3.50. The van der Waals surface area contributed by atoms with Gasteiger partial charge in [-0.15, -0.1) is 0 Å². The van der Waals surface area contributed by atoms with Crippen LogP contribution in [0.3, 0.4) is 0 Å². The molecule has 0 aromatic heterocycles. The Labute approximate surface area is 147 Å². The molecule has 1 heterocycles. The summed E-state index contributed by atoms with van der Waals surface area (Å²) in [5, 5.41) is 2.73. The van der Waals surface area contributed by atoms with Crippen LogP contribution in [-0.2, 0) is 4.79 Å². The van der Waals surface area contributed by atoms with Crippen molar-refractivity contribution in [1.82, 2.24) is 5.32 Å². The third-order valence-corrected chi connectivity index (χ3v) is 4.77. The molecular formula is C20H21N3O2. The van der Waals surface area contributed by atoms with Crippen molar-refractivity contribution in [3.8, 4) is 0 Å². The first-order chi connectivity index (χ1) is 12.2. The first kappa shape index (κ1) is 15.7. The van der Waals surface area contributed by atoms with E-state index in [1.54, 1.807) is 17.0 Å². The molecule has 0 radical (unpaired) electrons. The van der Waals surface area contributed by atoms with Gasteiger partial charge >= 0.3 is 0 Å². The van der Waals surface area contributed by atoms with Gasteiger partial charge < -0.3 is 15.1 Å². The molecule has 2 aromatic rings. The maximum absolute atomic E-state index is 12.7. The molecule has 1 N–H and O–H groups in total. The van der Waals surface area contributed by atoms with Gasteiger partial charge in [0.1, 0.15) is 0 Å². The standard InChI is InChI=1S/C20H21N3O2/c24-19(14-21-20(25)15-6-2-1-3-7-15)23-13-12-22(16-10-11-16)17-8-4-5-9-18(17)23/h1-9,16H,10-14H2,(H,21,25). The van der Waals surface area contributed by atoms with Gasteiger partial charge in [0.25, 0.3) is 5.91 Å². The van der Waals surface area contributed by atoms with E-state index in [-0.39, 0.29) is 18.4 Å². The van der Waals surface area contributed by atoms with Crippen LogP contribution in [0.1, 0.15) is 23.2 Å². The highest BCUT2D eigenvalue weighted by atomic mass is 16.2. The Balaban J connectivity index is 1.45. The molecule has 0 unspecified atom stereocenters. The van der Waals surface area contributed by atoms with E-state index in [0.29, 0.717) is 18.2 Å². The molecule has 0 bridgehead atoms. The first-order valence-corrected chi connectivity index (χ1v) is 8.73. The van der Waals surface area contributed by atoms with E-state index >= 15 is 0 Å². The lowest BCUT2D eigenvalue weighted by Gasteiger charge is -2.38. The zero-order chi connectivity index (χ0) is 17.2. The Bertz CT molecular complexity index is 787. The molecule has 0 saturated heterocycles. The Kier molecular flexibility index (Phi) is 4.14. The van der Waals surface area contributed by atoms with Gasteiger partial charge in [0.15, 0.2) is 0 Å². The van der Waals surface area contributed by atoms with E-state index in [9.17, 15) is 9.59 Å². The SMILES string of the molecule is O=C(NCC(=O)N1CCN(C2CC2)c2ccccc21)c1ccccc1. The smallest absolute Gasteiger partial charge is 0.251 e. The van der Waals surface area contributed by atoms with Crippen molar-refractivity contribution in [3.63, 3.8) is 0 Å². The zero-order valence-electron chi connectivity index (χ0n) is 14.0. The number of benzene rings is 2. The number of para-hydroxylation sites is 2. The van der Waals surface area contributed by atoms with Gasteiger partial charge in [-0.25, -0.2) is 0 Å². The molecule has 1 saturated carbocycles. The predicted molar refractivity (Wildman–Crippen MR) is 97.9 cm³/mol.